The Morgan fingerprint density at radius 1 is 1.24 bits per heavy atom. The molecular weight excluding hydrogens is 229 g/mol. The minimum Gasteiger partial charge on any atom is -0.320 e. The average Bonchev–Trinajstić information content (AvgIpc) is 2.29. The number of hydrogen-bond acceptors (Lipinski definition) is 2. The number of rotatable bonds is 3. The highest BCUT2D eigenvalue weighted by Gasteiger charge is 2.17. The lowest BCUT2D eigenvalue weighted by molar-refractivity contribution is 0.585. The molecule has 2 nitrogen and oxygen atoms in total. The van der Waals surface area contributed by atoms with Crippen molar-refractivity contribution in [2.75, 3.05) is 19.9 Å². The molecule has 1 heterocycles. The van der Waals surface area contributed by atoms with E-state index in [4.69, 9.17) is 0 Å². The Morgan fingerprint density at radius 3 is 2.59 bits per heavy atom. The van der Waals surface area contributed by atoms with E-state index in [-0.39, 0.29) is 0 Å². The second-order valence-corrected chi connectivity index (χ2v) is 8.05. The lowest BCUT2D eigenvalue weighted by Crippen LogP contribution is -2.08. The Labute approximate surface area is 103 Å². The predicted octanol–water partition coefficient (Wildman–Crippen LogP) is 3.58. The zero-order valence-electron chi connectivity index (χ0n) is 10.4. The van der Waals surface area contributed by atoms with Crippen molar-refractivity contribution in [3.63, 3.8) is 0 Å². The molecule has 1 aliphatic rings. The highest BCUT2D eigenvalue weighted by atomic mass is 31.2. The van der Waals surface area contributed by atoms with Gasteiger partial charge < -0.3 is 4.57 Å². The largest absolute Gasteiger partial charge is 0.320 e. The second kappa shape index (κ2) is 5.01. The summed E-state index contributed by atoms with van der Waals surface area (Å²) < 4.78 is 12.0. The minimum absolute atomic E-state index is 0.777. The van der Waals surface area contributed by atoms with Crippen molar-refractivity contribution in [3.8, 4) is 0 Å². The molecule has 0 unspecified atom stereocenters. The lowest BCUT2D eigenvalue weighted by Gasteiger charge is -2.16. The molecule has 0 spiro atoms. The van der Waals surface area contributed by atoms with Crippen LogP contribution in [-0.4, -0.2) is 25.6 Å². The summed E-state index contributed by atoms with van der Waals surface area (Å²) in [6, 6.07) is 10.3. The summed E-state index contributed by atoms with van der Waals surface area (Å²) in [5.41, 5.74) is 2.31. The lowest BCUT2D eigenvalue weighted by atomic mass is 10.1. The van der Waals surface area contributed by atoms with Crippen LogP contribution in [0.1, 0.15) is 12.0 Å². The maximum atomic E-state index is 12.0. The fourth-order valence-corrected chi connectivity index (χ4v) is 3.06. The molecule has 2 rings (SSSR count). The van der Waals surface area contributed by atoms with Crippen LogP contribution in [0.15, 0.2) is 46.7 Å². The predicted molar refractivity (Wildman–Crippen MR) is 74.6 cm³/mol. The fraction of sp³-hybridized carbons (Fsp3) is 0.357. The van der Waals surface area contributed by atoms with Gasteiger partial charge in [0.05, 0.1) is 0 Å². The van der Waals surface area contributed by atoms with Crippen LogP contribution in [0.3, 0.4) is 0 Å². The smallest absolute Gasteiger partial charge is 0.106 e. The molecule has 0 aliphatic carbocycles. The van der Waals surface area contributed by atoms with Crippen molar-refractivity contribution < 1.29 is 4.57 Å². The molecule has 0 saturated heterocycles. The number of allylic oxidation sites excluding steroid dienone is 1. The quantitative estimate of drug-likeness (QED) is 0.751. The van der Waals surface area contributed by atoms with Crippen LogP contribution in [0.4, 0.5) is 0 Å². The molecule has 0 aromatic heterocycles. The standard InChI is InChI=1S/C14H18NOP/c1-17(2,16)14-8-9-15-13(11-14)10-12-6-4-3-5-7-12/h3-7,11H,8-10H2,1-2H3. The number of nitrogens with zero attached hydrogens (tertiary/aromatic N) is 1. The van der Waals surface area contributed by atoms with Crippen molar-refractivity contribution in [2.45, 2.75) is 12.8 Å². The Balaban J connectivity index is 2.16. The maximum Gasteiger partial charge on any atom is 0.106 e. The van der Waals surface area contributed by atoms with Crippen molar-refractivity contribution in [1.82, 2.24) is 0 Å². The number of aliphatic imine (C=N–C) groups is 1. The number of dihydropyridines is 1. The van der Waals surface area contributed by atoms with E-state index in [9.17, 15) is 4.57 Å². The number of hydrogen-bond donors (Lipinski definition) is 0. The monoisotopic (exact) mass is 247 g/mol. The zero-order chi connectivity index (χ0) is 12.3. The first-order valence-electron chi connectivity index (χ1n) is 5.89. The summed E-state index contributed by atoms with van der Waals surface area (Å²) in [5.74, 6) is 0. The Hall–Kier alpha value is -1.14. The van der Waals surface area contributed by atoms with Crippen molar-refractivity contribution in [3.05, 3.63) is 47.3 Å². The van der Waals surface area contributed by atoms with Gasteiger partial charge in [-0.1, -0.05) is 30.3 Å². The van der Waals surface area contributed by atoms with Crippen LogP contribution in [-0.2, 0) is 11.0 Å². The van der Waals surface area contributed by atoms with Crippen molar-refractivity contribution in [2.24, 2.45) is 4.99 Å². The van der Waals surface area contributed by atoms with E-state index >= 15 is 0 Å². The highest BCUT2D eigenvalue weighted by molar-refractivity contribution is 7.66. The molecule has 0 bridgehead atoms. The van der Waals surface area contributed by atoms with Gasteiger partial charge in [0.25, 0.3) is 0 Å². The van der Waals surface area contributed by atoms with Crippen LogP contribution in [0.25, 0.3) is 0 Å². The first-order valence-corrected chi connectivity index (χ1v) is 8.49. The fourth-order valence-electron chi connectivity index (χ4n) is 1.96. The van der Waals surface area contributed by atoms with Gasteiger partial charge in [0.15, 0.2) is 0 Å². The molecule has 0 radical (unpaired) electrons. The van der Waals surface area contributed by atoms with Gasteiger partial charge in [-0.15, -0.1) is 0 Å². The first-order chi connectivity index (χ1) is 8.05. The molecule has 0 N–H and O–H groups in total. The summed E-state index contributed by atoms with van der Waals surface area (Å²) >= 11 is 0. The van der Waals surface area contributed by atoms with E-state index in [1.165, 1.54) is 5.56 Å². The van der Waals surface area contributed by atoms with E-state index in [1.807, 2.05) is 37.6 Å². The SMILES string of the molecule is CP(C)(=O)C1=CC(Cc2ccccc2)=NCC1. The average molecular weight is 247 g/mol. The zero-order valence-corrected chi connectivity index (χ0v) is 11.3. The van der Waals surface area contributed by atoms with Crippen LogP contribution in [0.2, 0.25) is 0 Å². The van der Waals surface area contributed by atoms with E-state index in [2.05, 4.69) is 17.1 Å². The van der Waals surface area contributed by atoms with Gasteiger partial charge in [0.1, 0.15) is 7.14 Å². The van der Waals surface area contributed by atoms with E-state index in [1.54, 1.807) is 0 Å². The van der Waals surface area contributed by atoms with Crippen LogP contribution < -0.4 is 0 Å². The topological polar surface area (TPSA) is 29.4 Å². The summed E-state index contributed by atoms with van der Waals surface area (Å²) in [5, 5.41) is 1.08. The van der Waals surface area contributed by atoms with E-state index in [0.717, 1.165) is 30.4 Å². The van der Waals surface area contributed by atoms with Gasteiger partial charge >= 0.3 is 0 Å². The molecule has 3 heteroatoms. The Morgan fingerprint density at radius 2 is 1.94 bits per heavy atom. The summed E-state index contributed by atoms with van der Waals surface area (Å²) in [4.78, 5) is 4.51. The molecule has 90 valence electrons. The van der Waals surface area contributed by atoms with Gasteiger partial charge in [0, 0.05) is 18.7 Å². The summed E-state index contributed by atoms with van der Waals surface area (Å²) in [6.07, 6.45) is 3.73. The molecule has 0 amide bonds. The molecule has 1 aromatic rings. The molecule has 0 atom stereocenters. The normalized spacial score (nSPS) is 16.4. The van der Waals surface area contributed by atoms with Crippen molar-refractivity contribution >= 4 is 12.9 Å². The van der Waals surface area contributed by atoms with Gasteiger partial charge in [-0.05, 0) is 36.7 Å². The third-order valence-corrected chi connectivity index (χ3v) is 4.67. The maximum absolute atomic E-state index is 12.0. The molecule has 0 fully saturated rings. The van der Waals surface area contributed by atoms with Crippen LogP contribution in [0.5, 0.6) is 0 Å². The van der Waals surface area contributed by atoms with E-state index in [0.29, 0.717) is 0 Å². The third-order valence-electron chi connectivity index (χ3n) is 2.94. The van der Waals surface area contributed by atoms with Gasteiger partial charge in [-0.2, -0.15) is 0 Å². The third kappa shape index (κ3) is 3.41. The Bertz CT molecular complexity index is 496. The molecule has 17 heavy (non-hydrogen) atoms. The first kappa shape index (κ1) is 12.3. The minimum atomic E-state index is -2.10. The van der Waals surface area contributed by atoms with Crippen LogP contribution >= 0.6 is 7.14 Å². The van der Waals surface area contributed by atoms with Gasteiger partial charge in [-0.3, -0.25) is 4.99 Å². The van der Waals surface area contributed by atoms with Crippen LogP contribution in [0, 0.1) is 0 Å². The molecule has 0 saturated carbocycles. The summed E-state index contributed by atoms with van der Waals surface area (Å²) in [6.45, 7) is 4.45. The Kier molecular flexibility index (Phi) is 3.63. The summed E-state index contributed by atoms with van der Waals surface area (Å²) in [7, 11) is -2.10. The molecule has 1 aliphatic heterocycles. The van der Waals surface area contributed by atoms with E-state index < -0.39 is 7.14 Å². The second-order valence-electron chi connectivity index (χ2n) is 4.77. The molecule has 1 aromatic carbocycles. The molecular formula is C14H18NOP. The van der Waals surface area contributed by atoms with Gasteiger partial charge in [0.2, 0.25) is 0 Å². The number of benzene rings is 1. The van der Waals surface area contributed by atoms with Crippen molar-refractivity contribution in [1.29, 1.82) is 0 Å². The van der Waals surface area contributed by atoms with Gasteiger partial charge in [-0.25, -0.2) is 0 Å². The highest BCUT2D eigenvalue weighted by Crippen LogP contribution is 2.48.